The molecule has 5 nitrogen and oxygen atoms in total. The summed E-state index contributed by atoms with van der Waals surface area (Å²) in [6.07, 6.45) is 3.35. The van der Waals surface area contributed by atoms with E-state index in [1.807, 2.05) is 24.3 Å². The van der Waals surface area contributed by atoms with Crippen molar-refractivity contribution in [2.45, 2.75) is 24.9 Å². The molecule has 4 rings (SSSR count). The molecule has 1 aromatic heterocycles. The number of hydrogen-bond donors (Lipinski definition) is 2. The third-order valence-corrected chi connectivity index (χ3v) is 6.18. The summed E-state index contributed by atoms with van der Waals surface area (Å²) in [5.41, 5.74) is 0.654. The molecule has 1 aliphatic carbocycles. The molecule has 1 saturated carbocycles. The van der Waals surface area contributed by atoms with Crippen LogP contribution in [0.15, 0.2) is 42.6 Å². The number of hydrogen-bond acceptors (Lipinski definition) is 5. The Hall–Kier alpha value is -1.95. The van der Waals surface area contributed by atoms with E-state index in [1.54, 1.807) is 6.07 Å². The molecule has 1 aromatic carbocycles. The molecule has 0 bridgehead atoms. The van der Waals surface area contributed by atoms with Gasteiger partial charge in [0.25, 0.3) is 0 Å². The van der Waals surface area contributed by atoms with Crippen molar-refractivity contribution >= 4 is 17.4 Å². The molecule has 142 valence electrons. The van der Waals surface area contributed by atoms with Crippen molar-refractivity contribution in [1.82, 2.24) is 9.88 Å². The fourth-order valence-corrected chi connectivity index (χ4v) is 4.87. The lowest BCUT2D eigenvalue weighted by molar-refractivity contribution is 0.0355. The molecular weight excluding hydrogens is 364 g/mol. The SMILES string of the molecule is O=C(CN1C[C@@H]2CC(O)(Cc3ccccc3Cl)C[C@@H]2C1)c1ccc(O)cn1. The van der Waals surface area contributed by atoms with Gasteiger partial charge in [0.2, 0.25) is 0 Å². The van der Waals surface area contributed by atoms with Crippen LogP contribution in [0, 0.1) is 11.8 Å². The molecule has 2 aromatic rings. The van der Waals surface area contributed by atoms with Gasteiger partial charge in [-0.15, -0.1) is 0 Å². The smallest absolute Gasteiger partial charge is 0.195 e. The minimum Gasteiger partial charge on any atom is -0.506 e. The van der Waals surface area contributed by atoms with Crippen molar-refractivity contribution in [2.24, 2.45) is 11.8 Å². The Morgan fingerprint density at radius 1 is 1.19 bits per heavy atom. The van der Waals surface area contributed by atoms with Crippen LogP contribution < -0.4 is 0 Å². The van der Waals surface area contributed by atoms with Crippen LogP contribution in [0.5, 0.6) is 5.75 Å². The number of aromatic hydroxyl groups is 1. The number of carbonyl (C=O) groups excluding carboxylic acids is 1. The number of aromatic nitrogens is 1. The van der Waals surface area contributed by atoms with Gasteiger partial charge in [-0.25, -0.2) is 4.98 Å². The first-order valence-corrected chi connectivity index (χ1v) is 9.66. The number of nitrogens with zero attached hydrogens (tertiary/aromatic N) is 2. The molecular formula is C21H23ClN2O3. The van der Waals surface area contributed by atoms with E-state index in [2.05, 4.69) is 9.88 Å². The maximum atomic E-state index is 12.4. The zero-order chi connectivity index (χ0) is 19.0. The summed E-state index contributed by atoms with van der Waals surface area (Å²) in [6.45, 7) is 1.96. The minimum atomic E-state index is -0.713. The van der Waals surface area contributed by atoms with E-state index in [0.29, 0.717) is 35.5 Å². The third kappa shape index (κ3) is 4.00. The van der Waals surface area contributed by atoms with Crippen molar-refractivity contribution in [3.63, 3.8) is 0 Å². The van der Waals surface area contributed by atoms with E-state index < -0.39 is 5.60 Å². The summed E-state index contributed by atoms with van der Waals surface area (Å²) in [4.78, 5) is 18.5. The highest BCUT2D eigenvalue weighted by Gasteiger charge is 2.48. The zero-order valence-electron chi connectivity index (χ0n) is 15.0. The Labute approximate surface area is 163 Å². The van der Waals surface area contributed by atoms with Gasteiger partial charge >= 0.3 is 0 Å². The average Bonchev–Trinajstić information content (AvgIpc) is 3.11. The van der Waals surface area contributed by atoms with Crippen molar-refractivity contribution in [1.29, 1.82) is 0 Å². The van der Waals surface area contributed by atoms with Gasteiger partial charge in [0.1, 0.15) is 11.4 Å². The second kappa shape index (κ2) is 7.23. The topological polar surface area (TPSA) is 73.7 Å². The number of aliphatic hydroxyl groups is 1. The lowest BCUT2D eigenvalue weighted by atomic mass is 9.91. The maximum absolute atomic E-state index is 12.4. The first-order valence-electron chi connectivity index (χ1n) is 9.28. The lowest BCUT2D eigenvalue weighted by Crippen LogP contribution is -2.34. The molecule has 0 amide bonds. The van der Waals surface area contributed by atoms with E-state index >= 15 is 0 Å². The summed E-state index contributed by atoms with van der Waals surface area (Å²) in [6, 6.07) is 10.7. The van der Waals surface area contributed by atoms with Crippen molar-refractivity contribution in [2.75, 3.05) is 19.6 Å². The van der Waals surface area contributed by atoms with Crippen LogP contribution in [0.3, 0.4) is 0 Å². The highest BCUT2D eigenvalue weighted by Crippen LogP contribution is 2.45. The monoisotopic (exact) mass is 386 g/mol. The molecule has 2 N–H and O–H groups in total. The Morgan fingerprint density at radius 2 is 1.89 bits per heavy atom. The fraction of sp³-hybridized carbons (Fsp3) is 0.429. The maximum Gasteiger partial charge on any atom is 0.195 e. The van der Waals surface area contributed by atoms with Gasteiger partial charge in [-0.2, -0.15) is 0 Å². The summed E-state index contributed by atoms with van der Waals surface area (Å²) < 4.78 is 0. The number of carbonyl (C=O) groups is 1. The molecule has 27 heavy (non-hydrogen) atoms. The molecule has 0 radical (unpaired) electrons. The van der Waals surface area contributed by atoms with E-state index in [-0.39, 0.29) is 11.5 Å². The van der Waals surface area contributed by atoms with Crippen LogP contribution in [0.2, 0.25) is 5.02 Å². The van der Waals surface area contributed by atoms with Gasteiger partial charge in [-0.1, -0.05) is 29.8 Å². The second-order valence-corrected chi connectivity index (χ2v) is 8.35. The Morgan fingerprint density at radius 3 is 2.52 bits per heavy atom. The summed E-state index contributed by atoms with van der Waals surface area (Å²) >= 11 is 6.26. The number of benzene rings is 1. The summed E-state index contributed by atoms with van der Waals surface area (Å²) in [5.74, 6) is 0.817. The van der Waals surface area contributed by atoms with Crippen LogP contribution in [-0.4, -0.2) is 51.1 Å². The predicted molar refractivity (Wildman–Crippen MR) is 103 cm³/mol. The second-order valence-electron chi connectivity index (χ2n) is 7.94. The first-order chi connectivity index (χ1) is 12.9. The van der Waals surface area contributed by atoms with Gasteiger partial charge in [-0.05, 0) is 48.4 Å². The number of rotatable bonds is 5. The normalized spacial score (nSPS) is 27.6. The number of Topliss-reactive ketones (excluding diaryl/α,β-unsaturated/α-hetero) is 1. The minimum absolute atomic E-state index is 0.0405. The Bertz CT molecular complexity index is 826. The van der Waals surface area contributed by atoms with Gasteiger partial charge < -0.3 is 10.2 Å². The van der Waals surface area contributed by atoms with Crippen LogP contribution >= 0.6 is 11.6 Å². The number of fused-ring (bicyclic) bond motifs is 1. The average molecular weight is 387 g/mol. The van der Waals surface area contributed by atoms with Crippen molar-refractivity contribution in [3.05, 3.63) is 58.9 Å². The molecule has 6 heteroatoms. The summed E-state index contributed by atoms with van der Waals surface area (Å²) in [7, 11) is 0. The molecule has 1 saturated heterocycles. The number of halogens is 1. The van der Waals surface area contributed by atoms with Crippen LogP contribution in [-0.2, 0) is 6.42 Å². The standard InChI is InChI=1S/C21H23ClN2O3/c22-18-4-2-1-3-14(18)7-21(27)8-15-11-24(12-16(15)9-21)13-20(26)19-6-5-17(25)10-23-19/h1-6,10,15-16,25,27H,7-9,11-13H2/t15-,16+,21?. The quantitative estimate of drug-likeness (QED) is 0.773. The van der Waals surface area contributed by atoms with Gasteiger partial charge in [-0.3, -0.25) is 9.69 Å². The van der Waals surface area contributed by atoms with Crippen molar-refractivity contribution < 1.29 is 15.0 Å². The Balaban J connectivity index is 1.34. The van der Waals surface area contributed by atoms with E-state index in [0.717, 1.165) is 31.5 Å². The largest absolute Gasteiger partial charge is 0.506 e. The Kier molecular flexibility index (Phi) is 4.93. The lowest BCUT2D eigenvalue weighted by Gasteiger charge is -2.26. The third-order valence-electron chi connectivity index (χ3n) is 5.81. The molecule has 2 fully saturated rings. The molecule has 3 atom stereocenters. The molecule has 2 heterocycles. The van der Waals surface area contributed by atoms with Gasteiger partial charge in [0.15, 0.2) is 5.78 Å². The molecule has 1 unspecified atom stereocenters. The van der Waals surface area contributed by atoms with Gasteiger partial charge in [0, 0.05) is 24.5 Å². The van der Waals surface area contributed by atoms with E-state index in [1.165, 1.54) is 12.3 Å². The number of ketones is 1. The predicted octanol–water partition coefficient (Wildman–Crippen LogP) is 2.94. The summed E-state index contributed by atoms with van der Waals surface area (Å²) in [5, 5.41) is 21.1. The van der Waals surface area contributed by atoms with E-state index in [4.69, 9.17) is 11.6 Å². The molecule has 0 spiro atoms. The van der Waals surface area contributed by atoms with Crippen LogP contribution in [0.1, 0.15) is 28.9 Å². The highest BCUT2D eigenvalue weighted by atomic mass is 35.5. The number of pyridine rings is 1. The fourth-order valence-electron chi connectivity index (χ4n) is 4.66. The van der Waals surface area contributed by atoms with Crippen molar-refractivity contribution in [3.8, 4) is 5.75 Å². The zero-order valence-corrected chi connectivity index (χ0v) is 15.8. The van der Waals surface area contributed by atoms with E-state index in [9.17, 15) is 15.0 Å². The first kappa shape index (κ1) is 18.4. The highest BCUT2D eigenvalue weighted by molar-refractivity contribution is 6.31. The van der Waals surface area contributed by atoms with Crippen LogP contribution in [0.4, 0.5) is 0 Å². The molecule has 2 aliphatic rings. The number of likely N-dealkylation sites (tertiary alicyclic amines) is 1. The van der Waals surface area contributed by atoms with Gasteiger partial charge in [0.05, 0.1) is 18.3 Å². The van der Waals surface area contributed by atoms with Crippen LogP contribution in [0.25, 0.3) is 0 Å². The molecule has 1 aliphatic heterocycles.